The van der Waals surface area contributed by atoms with Crippen LogP contribution in [0.25, 0.3) is 10.7 Å². The van der Waals surface area contributed by atoms with Crippen LogP contribution >= 0.6 is 11.3 Å². The predicted molar refractivity (Wildman–Crippen MR) is 86.7 cm³/mol. The highest BCUT2D eigenvalue weighted by atomic mass is 32.1. The van der Waals surface area contributed by atoms with Crippen LogP contribution in [0.5, 0.6) is 0 Å². The summed E-state index contributed by atoms with van der Waals surface area (Å²) in [5.74, 6) is 0.769. The smallest absolute Gasteiger partial charge is 0.254 e. The Kier molecular flexibility index (Phi) is 3.97. The van der Waals surface area contributed by atoms with E-state index in [0.29, 0.717) is 6.54 Å². The number of aromatic nitrogens is 2. The molecule has 4 heteroatoms. The molecule has 106 valence electrons. The number of benzene rings is 1. The molecule has 3 rings (SSSR count). The van der Waals surface area contributed by atoms with E-state index < -0.39 is 0 Å². The molecule has 0 unspecified atom stereocenters. The van der Waals surface area contributed by atoms with Gasteiger partial charge in [0.05, 0.1) is 4.88 Å². The summed E-state index contributed by atoms with van der Waals surface area (Å²) in [6.45, 7) is 2.50. The van der Waals surface area contributed by atoms with Gasteiger partial charge in [0.15, 0.2) is 5.82 Å². The van der Waals surface area contributed by atoms with Crippen molar-refractivity contribution in [3.8, 4) is 10.7 Å². The summed E-state index contributed by atoms with van der Waals surface area (Å²) in [7, 11) is 0. The fourth-order valence-electron chi connectivity index (χ4n) is 2.32. The van der Waals surface area contributed by atoms with Gasteiger partial charge in [0.2, 0.25) is 0 Å². The molecule has 1 aromatic carbocycles. The SMILES string of the molecule is Cc1cc(=O)n(CCc2ccccc2)c(-c2cccs2)n1. The van der Waals surface area contributed by atoms with Crippen LogP contribution in [-0.4, -0.2) is 9.55 Å². The summed E-state index contributed by atoms with van der Waals surface area (Å²) in [6, 6.07) is 15.8. The summed E-state index contributed by atoms with van der Waals surface area (Å²) in [4.78, 5) is 17.9. The second kappa shape index (κ2) is 6.06. The van der Waals surface area contributed by atoms with Crippen molar-refractivity contribution in [2.45, 2.75) is 19.9 Å². The number of rotatable bonds is 4. The fourth-order valence-corrected chi connectivity index (χ4v) is 3.04. The number of hydrogen-bond donors (Lipinski definition) is 0. The maximum atomic E-state index is 12.3. The Labute approximate surface area is 127 Å². The molecular formula is C17H16N2OS. The Bertz CT molecular complexity index is 776. The zero-order valence-electron chi connectivity index (χ0n) is 11.8. The van der Waals surface area contributed by atoms with Crippen LogP contribution in [0.2, 0.25) is 0 Å². The van der Waals surface area contributed by atoms with E-state index in [9.17, 15) is 4.79 Å². The van der Waals surface area contributed by atoms with Gasteiger partial charge in [0, 0.05) is 18.3 Å². The van der Waals surface area contributed by atoms with Crippen molar-refractivity contribution in [1.29, 1.82) is 0 Å². The van der Waals surface area contributed by atoms with Gasteiger partial charge in [0.1, 0.15) is 0 Å². The molecular weight excluding hydrogens is 280 g/mol. The summed E-state index contributed by atoms with van der Waals surface area (Å²) < 4.78 is 1.77. The first-order valence-corrected chi connectivity index (χ1v) is 7.78. The Morgan fingerprint density at radius 2 is 1.95 bits per heavy atom. The first-order valence-electron chi connectivity index (χ1n) is 6.90. The van der Waals surface area contributed by atoms with Crippen LogP contribution in [-0.2, 0) is 13.0 Å². The van der Waals surface area contributed by atoms with Gasteiger partial charge in [-0.3, -0.25) is 9.36 Å². The lowest BCUT2D eigenvalue weighted by Crippen LogP contribution is -2.23. The monoisotopic (exact) mass is 296 g/mol. The van der Waals surface area contributed by atoms with Crippen LogP contribution in [0.3, 0.4) is 0 Å². The van der Waals surface area contributed by atoms with Gasteiger partial charge in [-0.2, -0.15) is 0 Å². The molecule has 0 aliphatic rings. The van der Waals surface area contributed by atoms with Gasteiger partial charge in [0.25, 0.3) is 5.56 Å². The lowest BCUT2D eigenvalue weighted by Gasteiger charge is -2.11. The third-order valence-corrected chi connectivity index (χ3v) is 4.21. The Hall–Kier alpha value is -2.20. The summed E-state index contributed by atoms with van der Waals surface area (Å²) in [6.07, 6.45) is 0.823. The van der Waals surface area contributed by atoms with Crippen molar-refractivity contribution in [2.24, 2.45) is 0 Å². The highest BCUT2D eigenvalue weighted by Gasteiger charge is 2.10. The van der Waals surface area contributed by atoms with E-state index in [4.69, 9.17) is 0 Å². The molecule has 0 radical (unpaired) electrons. The van der Waals surface area contributed by atoms with Gasteiger partial charge in [-0.25, -0.2) is 4.98 Å². The maximum Gasteiger partial charge on any atom is 0.254 e. The lowest BCUT2D eigenvalue weighted by atomic mass is 10.1. The zero-order valence-corrected chi connectivity index (χ0v) is 12.6. The van der Waals surface area contributed by atoms with Crippen molar-refractivity contribution in [1.82, 2.24) is 9.55 Å². The topological polar surface area (TPSA) is 34.9 Å². The number of aryl methyl sites for hydroxylation is 2. The van der Waals surface area contributed by atoms with E-state index in [1.807, 2.05) is 42.6 Å². The quantitative estimate of drug-likeness (QED) is 0.738. The molecule has 0 saturated carbocycles. The molecule has 0 atom stereocenters. The molecule has 0 fully saturated rings. The summed E-state index contributed by atoms with van der Waals surface area (Å²) in [5, 5.41) is 2.01. The molecule has 3 nitrogen and oxygen atoms in total. The average Bonchev–Trinajstić information content (AvgIpc) is 3.01. The minimum Gasteiger partial charge on any atom is -0.292 e. The Morgan fingerprint density at radius 3 is 2.67 bits per heavy atom. The van der Waals surface area contributed by atoms with Gasteiger partial charge >= 0.3 is 0 Å². The van der Waals surface area contributed by atoms with Crippen LogP contribution in [0, 0.1) is 6.92 Å². The van der Waals surface area contributed by atoms with Gasteiger partial charge < -0.3 is 0 Å². The second-order valence-corrected chi connectivity index (χ2v) is 5.87. The van der Waals surface area contributed by atoms with E-state index >= 15 is 0 Å². The first kappa shape index (κ1) is 13.8. The van der Waals surface area contributed by atoms with Crippen LogP contribution < -0.4 is 5.56 Å². The molecule has 3 aromatic rings. The highest BCUT2D eigenvalue weighted by molar-refractivity contribution is 7.13. The predicted octanol–water partition coefficient (Wildman–Crippen LogP) is 3.52. The van der Waals surface area contributed by atoms with Crippen molar-refractivity contribution >= 4 is 11.3 Å². The van der Waals surface area contributed by atoms with Crippen molar-refractivity contribution in [2.75, 3.05) is 0 Å². The van der Waals surface area contributed by atoms with Gasteiger partial charge in [-0.1, -0.05) is 36.4 Å². The molecule has 0 bridgehead atoms. The number of nitrogens with zero attached hydrogens (tertiary/aromatic N) is 2. The minimum atomic E-state index is 0.0156. The molecule has 2 aromatic heterocycles. The maximum absolute atomic E-state index is 12.3. The molecule has 0 aliphatic carbocycles. The first-order chi connectivity index (χ1) is 10.2. The third kappa shape index (κ3) is 3.11. The lowest BCUT2D eigenvalue weighted by molar-refractivity contribution is 0.662. The summed E-state index contributed by atoms with van der Waals surface area (Å²) in [5.41, 5.74) is 2.00. The van der Waals surface area contributed by atoms with E-state index in [1.54, 1.807) is 22.0 Å². The van der Waals surface area contributed by atoms with Gasteiger partial charge in [-0.15, -0.1) is 11.3 Å². The number of thiophene rings is 1. The van der Waals surface area contributed by atoms with Crippen molar-refractivity contribution < 1.29 is 0 Å². The minimum absolute atomic E-state index is 0.0156. The standard InChI is InChI=1S/C17H16N2OS/c1-13-12-16(20)19(10-9-14-6-3-2-4-7-14)17(18-13)15-8-5-11-21-15/h2-8,11-12H,9-10H2,1H3. The Balaban J connectivity index is 1.96. The van der Waals surface area contributed by atoms with E-state index in [2.05, 4.69) is 17.1 Å². The van der Waals surface area contributed by atoms with E-state index in [0.717, 1.165) is 22.8 Å². The largest absolute Gasteiger partial charge is 0.292 e. The van der Waals surface area contributed by atoms with Crippen LogP contribution in [0.15, 0.2) is 58.7 Å². The van der Waals surface area contributed by atoms with E-state index in [1.165, 1.54) is 5.56 Å². The average molecular weight is 296 g/mol. The molecule has 0 aliphatic heterocycles. The van der Waals surface area contributed by atoms with Crippen LogP contribution in [0.4, 0.5) is 0 Å². The molecule has 0 amide bonds. The molecule has 0 N–H and O–H groups in total. The van der Waals surface area contributed by atoms with Crippen LogP contribution in [0.1, 0.15) is 11.3 Å². The van der Waals surface area contributed by atoms with Crippen molar-refractivity contribution in [3.05, 3.63) is 75.5 Å². The molecule has 2 heterocycles. The fraction of sp³-hybridized carbons (Fsp3) is 0.176. The molecule has 0 saturated heterocycles. The van der Waals surface area contributed by atoms with Gasteiger partial charge in [-0.05, 0) is 30.4 Å². The highest BCUT2D eigenvalue weighted by Crippen LogP contribution is 2.22. The molecule has 0 spiro atoms. The zero-order chi connectivity index (χ0) is 14.7. The molecule has 21 heavy (non-hydrogen) atoms. The Morgan fingerprint density at radius 1 is 1.14 bits per heavy atom. The normalized spacial score (nSPS) is 10.7. The third-order valence-electron chi connectivity index (χ3n) is 3.34. The second-order valence-electron chi connectivity index (χ2n) is 4.92. The number of hydrogen-bond acceptors (Lipinski definition) is 3. The van der Waals surface area contributed by atoms with Crippen molar-refractivity contribution in [3.63, 3.8) is 0 Å². The van der Waals surface area contributed by atoms with E-state index in [-0.39, 0.29) is 5.56 Å². The summed E-state index contributed by atoms with van der Waals surface area (Å²) >= 11 is 1.61.